The van der Waals surface area contributed by atoms with E-state index in [4.69, 9.17) is 9.52 Å². The zero-order chi connectivity index (χ0) is 14.3. The fourth-order valence-electron chi connectivity index (χ4n) is 2.02. The summed E-state index contributed by atoms with van der Waals surface area (Å²) in [6.45, 7) is 1.64. The van der Waals surface area contributed by atoms with Crippen LogP contribution in [0.5, 0.6) is 0 Å². The standard InChI is InChI=1S/C15H10FNO3/c1-8-7-9(5-6-11(8)16)14-17-12-4-2-3-10(15(18)19)13(12)20-14/h2-7H,1H3,(H,18,19). The van der Waals surface area contributed by atoms with Crippen molar-refractivity contribution in [3.05, 3.63) is 53.3 Å². The van der Waals surface area contributed by atoms with Gasteiger partial charge in [-0.05, 0) is 42.8 Å². The number of halogens is 1. The molecule has 0 atom stereocenters. The molecule has 0 aliphatic carbocycles. The number of carboxylic acid groups (broad SMARTS) is 1. The van der Waals surface area contributed by atoms with E-state index in [1.165, 1.54) is 12.1 Å². The Morgan fingerprint density at radius 3 is 2.80 bits per heavy atom. The van der Waals surface area contributed by atoms with Crippen LogP contribution in [-0.2, 0) is 0 Å². The molecule has 0 saturated carbocycles. The summed E-state index contributed by atoms with van der Waals surface area (Å²) in [5.74, 6) is -1.11. The van der Waals surface area contributed by atoms with E-state index in [0.29, 0.717) is 16.6 Å². The van der Waals surface area contributed by atoms with E-state index < -0.39 is 5.97 Å². The van der Waals surface area contributed by atoms with E-state index in [-0.39, 0.29) is 22.9 Å². The quantitative estimate of drug-likeness (QED) is 0.772. The fraction of sp³-hybridized carbons (Fsp3) is 0.0667. The van der Waals surface area contributed by atoms with Crippen LogP contribution in [0.3, 0.4) is 0 Å². The van der Waals surface area contributed by atoms with Crippen molar-refractivity contribution in [3.63, 3.8) is 0 Å². The molecule has 0 radical (unpaired) electrons. The predicted octanol–water partition coefficient (Wildman–Crippen LogP) is 3.64. The Kier molecular flexibility index (Phi) is 2.75. The van der Waals surface area contributed by atoms with Crippen molar-refractivity contribution in [1.82, 2.24) is 4.98 Å². The maximum Gasteiger partial charge on any atom is 0.339 e. The number of aromatic nitrogens is 1. The molecule has 1 N–H and O–H groups in total. The summed E-state index contributed by atoms with van der Waals surface area (Å²) in [6, 6.07) is 9.22. The van der Waals surface area contributed by atoms with Gasteiger partial charge in [-0.25, -0.2) is 14.2 Å². The first kappa shape index (κ1) is 12.3. The zero-order valence-corrected chi connectivity index (χ0v) is 10.6. The highest BCUT2D eigenvalue weighted by Crippen LogP contribution is 2.27. The maximum atomic E-state index is 13.3. The van der Waals surface area contributed by atoms with Gasteiger partial charge >= 0.3 is 5.97 Å². The number of carbonyl (C=O) groups is 1. The van der Waals surface area contributed by atoms with Crippen molar-refractivity contribution in [1.29, 1.82) is 0 Å². The minimum Gasteiger partial charge on any atom is -0.478 e. The number of aromatic carboxylic acids is 1. The van der Waals surface area contributed by atoms with Crippen LogP contribution in [0, 0.1) is 12.7 Å². The first-order chi connectivity index (χ1) is 9.56. The summed E-state index contributed by atoms with van der Waals surface area (Å²) in [7, 11) is 0. The van der Waals surface area contributed by atoms with E-state index in [9.17, 15) is 9.18 Å². The van der Waals surface area contributed by atoms with Crippen molar-refractivity contribution in [2.24, 2.45) is 0 Å². The predicted molar refractivity (Wildman–Crippen MR) is 71.1 cm³/mol. The van der Waals surface area contributed by atoms with Gasteiger partial charge in [-0.3, -0.25) is 0 Å². The van der Waals surface area contributed by atoms with E-state index in [1.54, 1.807) is 31.2 Å². The molecule has 2 aromatic carbocycles. The van der Waals surface area contributed by atoms with Gasteiger partial charge in [0.05, 0.1) is 0 Å². The van der Waals surface area contributed by atoms with Gasteiger partial charge in [0.25, 0.3) is 0 Å². The third kappa shape index (κ3) is 1.93. The number of rotatable bonds is 2. The number of para-hydroxylation sites is 1. The molecule has 3 aromatic rings. The van der Waals surface area contributed by atoms with E-state index >= 15 is 0 Å². The summed E-state index contributed by atoms with van der Waals surface area (Å²) < 4.78 is 18.8. The molecule has 0 aliphatic heterocycles. The van der Waals surface area contributed by atoms with Crippen LogP contribution in [0.4, 0.5) is 4.39 Å². The summed E-state index contributed by atoms with van der Waals surface area (Å²) in [5, 5.41) is 9.11. The second-order valence-electron chi connectivity index (χ2n) is 4.44. The average molecular weight is 271 g/mol. The maximum absolute atomic E-state index is 13.3. The first-order valence-corrected chi connectivity index (χ1v) is 5.95. The topological polar surface area (TPSA) is 63.3 Å². The second kappa shape index (κ2) is 4.45. The van der Waals surface area contributed by atoms with Gasteiger partial charge < -0.3 is 9.52 Å². The minimum atomic E-state index is -1.08. The fourth-order valence-corrected chi connectivity index (χ4v) is 2.02. The zero-order valence-electron chi connectivity index (χ0n) is 10.6. The van der Waals surface area contributed by atoms with Gasteiger partial charge in [0.15, 0.2) is 5.58 Å². The molecule has 1 aromatic heterocycles. The monoisotopic (exact) mass is 271 g/mol. The SMILES string of the molecule is Cc1cc(-c2nc3cccc(C(=O)O)c3o2)ccc1F. The van der Waals surface area contributed by atoms with Crippen molar-refractivity contribution in [2.75, 3.05) is 0 Å². The third-order valence-electron chi connectivity index (χ3n) is 3.05. The molecule has 0 amide bonds. The highest BCUT2D eigenvalue weighted by molar-refractivity contribution is 6.00. The lowest BCUT2D eigenvalue weighted by Gasteiger charge is -1.98. The van der Waals surface area contributed by atoms with Crippen LogP contribution < -0.4 is 0 Å². The van der Waals surface area contributed by atoms with Gasteiger partial charge in [-0.15, -0.1) is 0 Å². The summed E-state index contributed by atoms with van der Waals surface area (Å²) in [4.78, 5) is 15.4. The molecule has 1 heterocycles. The molecular weight excluding hydrogens is 261 g/mol. The highest BCUT2D eigenvalue weighted by Gasteiger charge is 2.15. The normalized spacial score (nSPS) is 10.9. The Bertz CT molecular complexity index is 823. The number of hydrogen-bond acceptors (Lipinski definition) is 3. The van der Waals surface area contributed by atoms with Crippen molar-refractivity contribution in [2.45, 2.75) is 6.92 Å². The lowest BCUT2D eigenvalue weighted by molar-refractivity contribution is 0.0698. The lowest BCUT2D eigenvalue weighted by atomic mass is 10.1. The van der Waals surface area contributed by atoms with Crippen LogP contribution in [0.2, 0.25) is 0 Å². The molecule has 0 aliphatic rings. The second-order valence-corrected chi connectivity index (χ2v) is 4.44. The Morgan fingerprint density at radius 1 is 1.30 bits per heavy atom. The Labute approximate surface area is 113 Å². The molecule has 0 bridgehead atoms. The smallest absolute Gasteiger partial charge is 0.339 e. The summed E-state index contributed by atoms with van der Waals surface area (Å²) >= 11 is 0. The molecule has 3 rings (SSSR count). The average Bonchev–Trinajstić information content (AvgIpc) is 2.85. The molecule has 0 fully saturated rings. The molecule has 100 valence electrons. The molecule has 20 heavy (non-hydrogen) atoms. The van der Waals surface area contributed by atoms with Gasteiger partial charge in [-0.1, -0.05) is 6.07 Å². The molecule has 4 nitrogen and oxygen atoms in total. The molecule has 0 unspecified atom stereocenters. The van der Waals surface area contributed by atoms with Crippen molar-refractivity contribution >= 4 is 17.1 Å². The van der Waals surface area contributed by atoms with Crippen LogP contribution in [0.15, 0.2) is 40.8 Å². The van der Waals surface area contributed by atoms with Crippen molar-refractivity contribution in [3.8, 4) is 11.5 Å². The van der Waals surface area contributed by atoms with E-state index in [1.807, 2.05) is 0 Å². The van der Waals surface area contributed by atoms with Gasteiger partial charge in [0, 0.05) is 5.56 Å². The highest BCUT2D eigenvalue weighted by atomic mass is 19.1. The van der Waals surface area contributed by atoms with Crippen LogP contribution in [0.1, 0.15) is 15.9 Å². The van der Waals surface area contributed by atoms with Gasteiger partial charge in [0.1, 0.15) is 16.9 Å². The number of hydrogen-bond donors (Lipinski definition) is 1. The largest absolute Gasteiger partial charge is 0.478 e. The molecule has 5 heteroatoms. The van der Waals surface area contributed by atoms with Crippen molar-refractivity contribution < 1.29 is 18.7 Å². The van der Waals surface area contributed by atoms with Crippen LogP contribution in [0.25, 0.3) is 22.6 Å². The Morgan fingerprint density at radius 2 is 2.10 bits per heavy atom. The van der Waals surface area contributed by atoms with Gasteiger partial charge in [0.2, 0.25) is 5.89 Å². The molecule has 0 spiro atoms. The van der Waals surface area contributed by atoms with Crippen LogP contribution >= 0.6 is 0 Å². The Balaban J connectivity index is 2.20. The summed E-state index contributed by atoms with van der Waals surface area (Å²) in [5.41, 5.74) is 1.82. The number of benzene rings is 2. The molecule has 0 saturated heterocycles. The number of oxazole rings is 1. The number of carboxylic acids is 1. The van der Waals surface area contributed by atoms with Crippen LogP contribution in [-0.4, -0.2) is 16.1 Å². The Hall–Kier alpha value is -2.69. The lowest BCUT2D eigenvalue weighted by Crippen LogP contribution is -1.95. The third-order valence-corrected chi connectivity index (χ3v) is 3.05. The van der Waals surface area contributed by atoms with Gasteiger partial charge in [-0.2, -0.15) is 0 Å². The number of aryl methyl sites for hydroxylation is 1. The van der Waals surface area contributed by atoms with E-state index in [0.717, 1.165) is 0 Å². The summed E-state index contributed by atoms with van der Waals surface area (Å²) in [6.07, 6.45) is 0. The number of fused-ring (bicyclic) bond motifs is 1. The first-order valence-electron chi connectivity index (χ1n) is 5.95. The minimum absolute atomic E-state index is 0.0556. The van der Waals surface area contributed by atoms with E-state index in [2.05, 4.69) is 4.98 Å². The molecular formula is C15H10FNO3. The number of nitrogens with zero attached hydrogens (tertiary/aromatic N) is 1.